The van der Waals surface area contributed by atoms with E-state index >= 15 is 0 Å². The van der Waals surface area contributed by atoms with Crippen molar-refractivity contribution in [2.45, 2.75) is 5.41 Å². The first kappa shape index (κ1) is 25.9. The molecule has 0 atom stereocenters. The summed E-state index contributed by atoms with van der Waals surface area (Å²) in [6.07, 6.45) is 0. The summed E-state index contributed by atoms with van der Waals surface area (Å²) < 4.78 is 2.44. The third-order valence-electron chi connectivity index (χ3n) is 11.0. The minimum Gasteiger partial charge on any atom is -0.309 e. The molecule has 48 heavy (non-hydrogen) atoms. The van der Waals surface area contributed by atoms with Gasteiger partial charge in [0.2, 0.25) is 0 Å². The molecule has 2 aliphatic carbocycles. The second kappa shape index (κ2) is 9.44. The number of fused-ring (bicyclic) bond motifs is 15. The number of aromatic nitrogens is 1. The summed E-state index contributed by atoms with van der Waals surface area (Å²) in [5, 5.41) is 5.08. The molecule has 0 radical (unpaired) electrons. The molecule has 0 unspecified atom stereocenters. The van der Waals surface area contributed by atoms with Crippen molar-refractivity contribution in [3.63, 3.8) is 0 Å². The molecule has 0 N–H and O–H groups in total. The molecular formula is C47H29N. The Hall–Kier alpha value is -6.18. The van der Waals surface area contributed by atoms with Gasteiger partial charge in [-0.3, -0.25) is 0 Å². The quantitative estimate of drug-likeness (QED) is 0.184. The van der Waals surface area contributed by atoms with Crippen LogP contribution in [0.1, 0.15) is 22.3 Å². The third-order valence-corrected chi connectivity index (χ3v) is 11.0. The van der Waals surface area contributed by atoms with Crippen LogP contribution in [0.4, 0.5) is 0 Å². The minimum absolute atomic E-state index is 0.363. The molecule has 9 aromatic rings. The fourth-order valence-corrected chi connectivity index (χ4v) is 9.17. The molecule has 8 aromatic carbocycles. The van der Waals surface area contributed by atoms with Gasteiger partial charge in [0.15, 0.2) is 0 Å². The summed E-state index contributed by atoms with van der Waals surface area (Å²) in [6, 6.07) is 65.4. The van der Waals surface area contributed by atoms with Crippen LogP contribution in [0, 0.1) is 0 Å². The fraction of sp³-hybridized carbons (Fsp3) is 0.0213. The van der Waals surface area contributed by atoms with Gasteiger partial charge in [-0.05, 0) is 91.4 Å². The van der Waals surface area contributed by atoms with Crippen LogP contribution >= 0.6 is 0 Å². The number of nitrogens with zero attached hydrogens (tertiary/aromatic N) is 1. The normalized spacial score (nSPS) is 13.6. The van der Waals surface area contributed by atoms with Gasteiger partial charge < -0.3 is 4.57 Å². The first-order valence-corrected chi connectivity index (χ1v) is 16.8. The lowest BCUT2D eigenvalue weighted by Gasteiger charge is -2.30. The number of benzene rings is 8. The summed E-state index contributed by atoms with van der Waals surface area (Å²) >= 11 is 0. The maximum atomic E-state index is 2.51. The largest absolute Gasteiger partial charge is 0.309 e. The van der Waals surface area contributed by atoms with E-state index in [9.17, 15) is 0 Å². The molecule has 11 rings (SSSR count). The van der Waals surface area contributed by atoms with Crippen molar-refractivity contribution in [3.05, 3.63) is 198 Å². The van der Waals surface area contributed by atoms with Gasteiger partial charge in [-0.25, -0.2) is 0 Å². The zero-order chi connectivity index (χ0) is 31.4. The average Bonchev–Trinajstić information content (AvgIpc) is 3.77. The fourth-order valence-electron chi connectivity index (χ4n) is 9.17. The molecule has 1 nitrogen and oxygen atoms in total. The van der Waals surface area contributed by atoms with Gasteiger partial charge in [0, 0.05) is 21.8 Å². The Morgan fingerprint density at radius 2 is 0.854 bits per heavy atom. The third kappa shape index (κ3) is 3.16. The van der Waals surface area contributed by atoms with E-state index in [0.29, 0.717) is 0 Å². The van der Waals surface area contributed by atoms with Crippen molar-refractivity contribution < 1.29 is 0 Å². The molecular weight excluding hydrogens is 579 g/mol. The van der Waals surface area contributed by atoms with E-state index in [0.717, 1.165) is 0 Å². The highest BCUT2D eigenvalue weighted by molar-refractivity contribution is 6.22. The topological polar surface area (TPSA) is 4.93 Å². The molecule has 0 bridgehead atoms. The molecule has 1 heteroatoms. The van der Waals surface area contributed by atoms with Gasteiger partial charge in [-0.1, -0.05) is 146 Å². The zero-order valence-electron chi connectivity index (χ0n) is 26.2. The SMILES string of the molecule is c1ccc(-n2c3ccccc3c3cc(-c4ccc5c(c4)C4(c6ccccc6-c6ccccc64)c4ccccc4-5)c4ccccc4c32)cc1. The van der Waals surface area contributed by atoms with E-state index in [1.165, 1.54) is 93.9 Å². The van der Waals surface area contributed by atoms with E-state index in [4.69, 9.17) is 0 Å². The predicted molar refractivity (Wildman–Crippen MR) is 200 cm³/mol. The van der Waals surface area contributed by atoms with Gasteiger partial charge in [-0.2, -0.15) is 0 Å². The standard InChI is InChI=1S/C47H29N/c1-2-14-31(15-3-1)48-45-25-13-9-20-37(45)40-29-39(32-16-4-5-21-38(32)46(40)48)30-26-27-36-35-19-8-12-24-43(35)47(44(36)28-30)41-22-10-6-17-33(41)34-18-7-11-23-42(34)47/h1-29H. The van der Waals surface area contributed by atoms with Crippen molar-refractivity contribution >= 4 is 32.6 Å². The smallest absolute Gasteiger partial charge is 0.0725 e. The van der Waals surface area contributed by atoms with Crippen molar-refractivity contribution in [1.82, 2.24) is 4.57 Å². The highest BCUT2D eigenvalue weighted by atomic mass is 15.0. The van der Waals surface area contributed by atoms with Crippen LogP contribution in [-0.4, -0.2) is 4.57 Å². The highest BCUT2D eigenvalue weighted by Crippen LogP contribution is 2.63. The Morgan fingerprint density at radius 3 is 1.52 bits per heavy atom. The van der Waals surface area contributed by atoms with Gasteiger partial charge >= 0.3 is 0 Å². The Kier molecular flexibility index (Phi) is 5.10. The van der Waals surface area contributed by atoms with Crippen LogP contribution in [0.3, 0.4) is 0 Å². The van der Waals surface area contributed by atoms with Gasteiger partial charge in [0.1, 0.15) is 0 Å². The van der Waals surface area contributed by atoms with E-state index in [2.05, 4.69) is 180 Å². The summed E-state index contributed by atoms with van der Waals surface area (Å²) in [5.74, 6) is 0. The van der Waals surface area contributed by atoms with Crippen molar-refractivity contribution in [2.75, 3.05) is 0 Å². The van der Waals surface area contributed by atoms with Crippen LogP contribution in [0.5, 0.6) is 0 Å². The van der Waals surface area contributed by atoms with Crippen LogP contribution in [-0.2, 0) is 5.41 Å². The maximum absolute atomic E-state index is 2.51. The minimum atomic E-state index is -0.363. The first-order valence-electron chi connectivity index (χ1n) is 16.8. The summed E-state index contributed by atoms with van der Waals surface area (Å²) in [7, 11) is 0. The lowest BCUT2D eigenvalue weighted by molar-refractivity contribution is 0.794. The van der Waals surface area contributed by atoms with Crippen LogP contribution in [0.2, 0.25) is 0 Å². The van der Waals surface area contributed by atoms with Crippen molar-refractivity contribution in [3.8, 4) is 39.1 Å². The molecule has 2 aliphatic rings. The molecule has 0 aliphatic heterocycles. The molecule has 0 fully saturated rings. The summed E-state index contributed by atoms with van der Waals surface area (Å²) in [6.45, 7) is 0. The highest BCUT2D eigenvalue weighted by Gasteiger charge is 2.51. The van der Waals surface area contributed by atoms with E-state index in [-0.39, 0.29) is 5.41 Å². The van der Waals surface area contributed by atoms with Gasteiger partial charge in [0.05, 0.1) is 16.4 Å². The summed E-state index contributed by atoms with van der Waals surface area (Å²) in [5.41, 5.74) is 16.6. The van der Waals surface area contributed by atoms with E-state index in [1.807, 2.05) is 0 Å². The molecule has 1 aromatic heterocycles. The molecule has 1 heterocycles. The predicted octanol–water partition coefficient (Wildman–Crippen LogP) is 11.9. The van der Waals surface area contributed by atoms with Crippen molar-refractivity contribution in [2.24, 2.45) is 0 Å². The van der Waals surface area contributed by atoms with E-state index in [1.54, 1.807) is 0 Å². The number of rotatable bonds is 2. The number of para-hydroxylation sites is 2. The molecule has 222 valence electrons. The zero-order valence-corrected chi connectivity index (χ0v) is 26.2. The van der Waals surface area contributed by atoms with Crippen molar-refractivity contribution in [1.29, 1.82) is 0 Å². The Labute approximate surface area is 279 Å². The Morgan fingerprint density at radius 1 is 0.333 bits per heavy atom. The Balaban J connectivity index is 1.25. The summed E-state index contributed by atoms with van der Waals surface area (Å²) in [4.78, 5) is 0. The Bertz CT molecular complexity index is 2720. The van der Waals surface area contributed by atoms with E-state index < -0.39 is 0 Å². The maximum Gasteiger partial charge on any atom is 0.0725 e. The van der Waals surface area contributed by atoms with Crippen LogP contribution < -0.4 is 0 Å². The molecule has 0 amide bonds. The van der Waals surface area contributed by atoms with Gasteiger partial charge in [0.25, 0.3) is 0 Å². The second-order valence-electron chi connectivity index (χ2n) is 13.2. The first-order chi connectivity index (χ1) is 23.8. The second-order valence-corrected chi connectivity index (χ2v) is 13.2. The number of hydrogen-bond donors (Lipinski definition) is 0. The van der Waals surface area contributed by atoms with Gasteiger partial charge in [-0.15, -0.1) is 0 Å². The lowest BCUT2D eigenvalue weighted by atomic mass is 9.70. The lowest BCUT2D eigenvalue weighted by Crippen LogP contribution is -2.25. The molecule has 0 saturated carbocycles. The van der Waals surface area contributed by atoms with Crippen LogP contribution in [0.25, 0.3) is 71.6 Å². The molecule has 1 spiro atoms. The molecule has 0 saturated heterocycles. The number of hydrogen-bond acceptors (Lipinski definition) is 0. The van der Waals surface area contributed by atoms with Crippen LogP contribution in [0.15, 0.2) is 176 Å². The average molecular weight is 608 g/mol. The monoisotopic (exact) mass is 607 g/mol.